The van der Waals surface area contributed by atoms with E-state index in [0.29, 0.717) is 11.3 Å². The minimum absolute atomic E-state index is 0.0566. The van der Waals surface area contributed by atoms with E-state index in [0.717, 1.165) is 35.7 Å². The van der Waals surface area contributed by atoms with Gasteiger partial charge in [-0.15, -0.1) is 0 Å². The Bertz CT molecular complexity index is 1070. The van der Waals surface area contributed by atoms with Crippen LogP contribution in [0.2, 0.25) is 0 Å². The molecule has 9 heteroatoms. The Morgan fingerprint density at radius 3 is 2.35 bits per heavy atom. The summed E-state index contributed by atoms with van der Waals surface area (Å²) in [6.45, 7) is 1.94. The van der Waals surface area contributed by atoms with Crippen molar-refractivity contribution in [3.63, 3.8) is 0 Å². The second-order valence-electron chi connectivity index (χ2n) is 7.71. The number of aryl methyl sites for hydroxylation is 1. The molecular formula is C22H26BrN3O3S2. The zero-order chi connectivity index (χ0) is 22.6. The minimum atomic E-state index is -3.55. The highest BCUT2D eigenvalue weighted by molar-refractivity contribution is 9.10. The van der Waals surface area contributed by atoms with Gasteiger partial charge < -0.3 is 5.32 Å². The lowest BCUT2D eigenvalue weighted by Gasteiger charge is -2.30. The van der Waals surface area contributed by atoms with Crippen molar-refractivity contribution < 1.29 is 13.2 Å². The minimum Gasteiger partial charge on any atom is -0.332 e. The number of nitrogens with one attached hydrogen (secondary N) is 2. The standard InChI is InChI=1S/C22H26BrN3O3S2/c1-15-8-9-16(14-20(15)23)21(27)25-22(30)24-17-10-12-19(13-11-17)31(28,29)26(2)18-6-4-3-5-7-18/h8-14,18H,3-7H2,1-2H3,(H2,24,25,27,30). The zero-order valence-corrected chi connectivity index (χ0v) is 20.7. The van der Waals surface area contributed by atoms with Gasteiger partial charge in [0.2, 0.25) is 10.0 Å². The number of sulfonamides is 1. The normalized spacial score (nSPS) is 15.0. The summed E-state index contributed by atoms with van der Waals surface area (Å²) < 4.78 is 28.2. The lowest BCUT2D eigenvalue weighted by atomic mass is 9.96. The number of carbonyl (C=O) groups is 1. The lowest BCUT2D eigenvalue weighted by molar-refractivity contribution is 0.0977. The summed E-state index contributed by atoms with van der Waals surface area (Å²) in [5, 5.41) is 5.69. The van der Waals surface area contributed by atoms with Crippen molar-refractivity contribution in [3.05, 3.63) is 58.1 Å². The average molecular weight is 525 g/mol. The first kappa shape index (κ1) is 23.8. The summed E-state index contributed by atoms with van der Waals surface area (Å²) in [6.07, 6.45) is 5.11. The number of nitrogens with zero attached hydrogens (tertiary/aromatic N) is 1. The van der Waals surface area contributed by atoms with Gasteiger partial charge in [-0.05, 0) is 73.9 Å². The number of halogens is 1. The van der Waals surface area contributed by atoms with E-state index < -0.39 is 10.0 Å². The molecule has 1 saturated carbocycles. The van der Waals surface area contributed by atoms with Gasteiger partial charge in [0.1, 0.15) is 0 Å². The highest BCUT2D eigenvalue weighted by Crippen LogP contribution is 2.27. The zero-order valence-electron chi connectivity index (χ0n) is 17.5. The molecular weight excluding hydrogens is 498 g/mol. The van der Waals surface area contributed by atoms with Gasteiger partial charge in [-0.3, -0.25) is 10.1 Å². The first-order chi connectivity index (χ1) is 14.7. The number of hydrogen-bond acceptors (Lipinski definition) is 4. The van der Waals surface area contributed by atoms with Crippen molar-refractivity contribution in [1.82, 2.24) is 9.62 Å². The fourth-order valence-corrected chi connectivity index (χ4v) is 5.59. The van der Waals surface area contributed by atoms with Gasteiger partial charge in [0, 0.05) is 28.8 Å². The predicted octanol–water partition coefficient (Wildman–Crippen LogP) is 4.84. The molecule has 0 bridgehead atoms. The molecule has 0 heterocycles. The molecule has 1 amide bonds. The van der Waals surface area contributed by atoms with Crippen LogP contribution >= 0.6 is 28.1 Å². The molecule has 166 valence electrons. The maximum Gasteiger partial charge on any atom is 0.257 e. The first-order valence-corrected chi connectivity index (χ1v) is 12.8. The van der Waals surface area contributed by atoms with Crippen LogP contribution in [0.25, 0.3) is 0 Å². The molecule has 2 aromatic rings. The van der Waals surface area contributed by atoms with Crippen LogP contribution in [0.1, 0.15) is 48.0 Å². The average Bonchev–Trinajstić information content (AvgIpc) is 2.76. The van der Waals surface area contributed by atoms with Crippen LogP contribution in [-0.2, 0) is 10.0 Å². The molecule has 0 aromatic heterocycles. The van der Waals surface area contributed by atoms with Crippen molar-refractivity contribution >= 4 is 54.9 Å². The van der Waals surface area contributed by atoms with Crippen molar-refractivity contribution in [3.8, 4) is 0 Å². The van der Waals surface area contributed by atoms with Crippen LogP contribution in [-0.4, -0.2) is 36.8 Å². The number of thiocarbonyl (C=S) groups is 1. The summed E-state index contributed by atoms with van der Waals surface area (Å²) in [6, 6.07) is 11.7. The van der Waals surface area contributed by atoms with E-state index in [-0.39, 0.29) is 22.0 Å². The number of rotatable bonds is 5. The molecule has 2 N–H and O–H groups in total. The van der Waals surface area contributed by atoms with Gasteiger partial charge in [-0.1, -0.05) is 41.3 Å². The summed E-state index contributed by atoms with van der Waals surface area (Å²) in [4.78, 5) is 12.6. The first-order valence-electron chi connectivity index (χ1n) is 10.1. The maximum absolute atomic E-state index is 12.9. The molecule has 0 spiro atoms. The number of amides is 1. The van der Waals surface area contributed by atoms with Gasteiger partial charge in [0.05, 0.1) is 4.90 Å². The molecule has 0 aliphatic heterocycles. The maximum atomic E-state index is 12.9. The molecule has 1 fully saturated rings. The quantitative estimate of drug-likeness (QED) is 0.548. The van der Waals surface area contributed by atoms with Gasteiger partial charge in [0.25, 0.3) is 5.91 Å². The van der Waals surface area contributed by atoms with Crippen LogP contribution in [0.5, 0.6) is 0 Å². The van der Waals surface area contributed by atoms with Crippen LogP contribution in [0.15, 0.2) is 51.8 Å². The van der Waals surface area contributed by atoms with Gasteiger partial charge in [-0.2, -0.15) is 4.31 Å². The molecule has 1 aliphatic carbocycles. The van der Waals surface area contributed by atoms with E-state index in [2.05, 4.69) is 26.6 Å². The van der Waals surface area contributed by atoms with E-state index in [1.54, 1.807) is 43.4 Å². The fourth-order valence-electron chi connectivity index (χ4n) is 3.59. The third-order valence-electron chi connectivity index (χ3n) is 5.54. The van der Waals surface area contributed by atoms with Crippen molar-refractivity contribution in [2.45, 2.75) is 50.0 Å². The van der Waals surface area contributed by atoms with Gasteiger partial charge >= 0.3 is 0 Å². The SMILES string of the molecule is Cc1ccc(C(=O)NC(=S)Nc2ccc(S(=O)(=O)N(C)C3CCCCC3)cc2)cc1Br. The summed E-state index contributed by atoms with van der Waals surface area (Å²) in [7, 11) is -1.89. The van der Waals surface area contributed by atoms with E-state index in [4.69, 9.17) is 12.2 Å². The Morgan fingerprint density at radius 2 is 1.74 bits per heavy atom. The Hall–Kier alpha value is -1.81. The molecule has 0 atom stereocenters. The monoisotopic (exact) mass is 523 g/mol. The predicted molar refractivity (Wildman–Crippen MR) is 131 cm³/mol. The molecule has 31 heavy (non-hydrogen) atoms. The largest absolute Gasteiger partial charge is 0.332 e. The number of benzene rings is 2. The number of carbonyl (C=O) groups excluding carboxylic acids is 1. The highest BCUT2D eigenvalue weighted by Gasteiger charge is 2.28. The van der Waals surface area contributed by atoms with Crippen molar-refractivity contribution in [1.29, 1.82) is 0 Å². The molecule has 0 saturated heterocycles. The lowest BCUT2D eigenvalue weighted by Crippen LogP contribution is -2.38. The Balaban J connectivity index is 1.62. The van der Waals surface area contributed by atoms with Crippen LogP contribution in [0, 0.1) is 6.92 Å². The molecule has 3 rings (SSSR count). The summed E-state index contributed by atoms with van der Waals surface area (Å²) >= 11 is 8.63. The number of anilines is 1. The topological polar surface area (TPSA) is 78.5 Å². The van der Waals surface area contributed by atoms with Gasteiger partial charge in [0.15, 0.2) is 5.11 Å². The highest BCUT2D eigenvalue weighted by atomic mass is 79.9. The molecule has 0 radical (unpaired) electrons. The third-order valence-corrected chi connectivity index (χ3v) is 8.52. The van der Waals surface area contributed by atoms with E-state index in [1.165, 1.54) is 10.7 Å². The second kappa shape index (κ2) is 10.2. The van der Waals surface area contributed by atoms with Crippen molar-refractivity contribution in [2.24, 2.45) is 0 Å². The molecule has 6 nitrogen and oxygen atoms in total. The molecule has 0 unspecified atom stereocenters. The second-order valence-corrected chi connectivity index (χ2v) is 11.0. The Kier molecular flexibility index (Phi) is 7.85. The molecule has 2 aromatic carbocycles. The summed E-state index contributed by atoms with van der Waals surface area (Å²) in [5.41, 5.74) is 2.10. The molecule has 1 aliphatic rings. The smallest absolute Gasteiger partial charge is 0.257 e. The number of hydrogen-bond donors (Lipinski definition) is 2. The van der Waals surface area contributed by atoms with E-state index >= 15 is 0 Å². The van der Waals surface area contributed by atoms with Gasteiger partial charge in [-0.25, -0.2) is 8.42 Å². The van der Waals surface area contributed by atoms with Crippen LogP contribution in [0.3, 0.4) is 0 Å². The third kappa shape index (κ3) is 5.91. The van der Waals surface area contributed by atoms with Crippen molar-refractivity contribution in [2.75, 3.05) is 12.4 Å². The Labute approximate surface area is 197 Å². The van der Waals surface area contributed by atoms with Crippen LogP contribution in [0.4, 0.5) is 5.69 Å². The van der Waals surface area contributed by atoms with E-state index in [9.17, 15) is 13.2 Å². The summed E-state index contributed by atoms with van der Waals surface area (Å²) in [5.74, 6) is -0.327. The Morgan fingerprint density at radius 1 is 1.10 bits per heavy atom. The fraction of sp³-hybridized carbons (Fsp3) is 0.364. The van der Waals surface area contributed by atoms with E-state index in [1.807, 2.05) is 13.0 Å². The van der Waals surface area contributed by atoms with Crippen LogP contribution < -0.4 is 10.6 Å².